The van der Waals surface area contributed by atoms with Crippen molar-refractivity contribution < 1.29 is 0 Å². The Morgan fingerprint density at radius 2 is 1.80 bits per heavy atom. The van der Waals surface area contributed by atoms with Crippen LogP contribution in [0.25, 0.3) is 0 Å². The summed E-state index contributed by atoms with van der Waals surface area (Å²) in [5.74, 6) is 0.632. The minimum absolute atomic E-state index is 0.101. The molecule has 4 heteroatoms. The second kappa shape index (κ2) is 8.38. The van der Waals surface area contributed by atoms with Crippen LogP contribution in [0.4, 0.5) is 0 Å². The molecule has 0 aliphatic heterocycles. The Hall–Kier alpha value is -0.0900. The summed E-state index contributed by atoms with van der Waals surface area (Å²) in [7, 11) is 0. The van der Waals surface area contributed by atoms with E-state index in [4.69, 9.17) is 17.3 Å². The molecule has 0 saturated carbocycles. The summed E-state index contributed by atoms with van der Waals surface area (Å²) in [5, 5.41) is 0. The summed E-state index contributed by atoms with van der Waals surface area (Å²) < 4.78 is 0.847. The first-order valence-corrected chi connectivity index (χ1v) is 8.86. The molecule has 2 unspecified atom stereocenters. The van der Waals surface area contributed by atoms with E-state index in [1.165, 1.54) is 4.88 Å². The van der Waals surface area contributed by atoms with Gasteiger partial charge in [-0.05, 0) is 37.8 Å². The van der Waals surface area contributed by atoms with Crippen LogP contribution in [0.3, 0.4) is 0 Å². The molecule has 116 valence electrons. The highest BCUT2D eigenvalue weighted by molar-refractivity contribution is 7.16. The summed E-state index contributed by atoms with van der Waals surface area (Å²) in [5.41, 5.74) is 6.32. The molecule has 0 spiro atoms. The highest BCUT2D eigenvalue weighted by Crippen LogP contribution is 2.34. The van der Waals surface area contributed by atoms with Gasteiger partial charge in [-0.1, -0.05) is 39.3 Å². The Balaban J connectivity index is 3.10. The van der Waals surface area contributed by atoms with Crippen molar-refractivity contribution >= 4 is 22.9 Å². The third-order valence-electron chi connectivity index (χ3n) is 3.73. The number of rotatable bonds is 8. The van der Waals surface area contributed by atoms with E-state index in [0.29, 0.717) is 12.0 Å². The smallest absolute Gasteiger partial charge is 0.0931 e. The first-order chi connectivity index (χ1) is 9.40. The molecular formula is C16H29ClN2S. The van der Waals surface area contributed by atoms with Crippen molar-refractivity contribution in [3.05, 3.63) is 21.3 Å². The zero-order valence-corrected chi connectivity index (χ0v) is 15.0. The molecule has 0 bridgehead atoms. The van der Waals surface area contributed by atoms with E-state index < -0.39 is 0 Å². The first kappa shape index (κ1) is 18.0. The van der Waals surface area contributed by atoms with E-state index in [0.717, 1.165) is 23.7 Å². The van der Waals surface area contributed by atoms with Crippen LogP contribution < -0.4 is 5.73 Å². The molecule has 20 heavy (non-hydrogen) atoms. The lowest BCUT2D eigenvalue weighted by Gasteiger charge is -2.40. The number of thiophene rings is 1. The summed E-state index contributed by atoms with van der Waals surface area (Å²) >= 11 is 7.79. The quantitative estimate of drug-likeness (QED) is 0.736. The largest absolute Gasteiger partial charge is 0.326 e. The fraction of sp³-hybridized carbons (Fsp3) is 0.750. The molecule has 0 radical (unpaired) electrons. The van der Waals surface area contributed by atoms with Crippen LogP contribution in [-0.4, -0.2) is 23.5 Å². The van der Waals surface area contributed by atoms with Crippen LogP contribution >= 0.6 is 22.9 Å². The normalized spacial score (nSPS) is 15.3. The van der Waals surface area contributed by atoms with Crippen LogP contribution in [0, 0.1) is 5.92 Å². The van der Waals surface area contributed by atoms with Crippen molar-refractivity contribution in [2.24, 2.45) is 11.7 Å². The maximum absolute atomic E-state index is 6.32. The standard InChI is InChI=1S/C16H29ClN2S/c1-6-13(7-2)19(10-11(3)4)16(12(5)18)14-8-9-15(17)20-14/h8-9,11-13,16H,6-7,10,18H2,1-5H3. The first-order valence-electron chi connectivity index (χ1n) is 7.67. The van der Waals surface area contributed by atoms with Gasteiger partial charge in [0.2, 0.25) is 0 Å². The maximum atomic E-state index is 6.32. The highest BCUT2D eigenvalue weighted by Gasteiger charge is 2.30. The molecule has 0 aromatic carbocycles. The third-order valence-corrected chi connectivity index (χ3v) is 5.03. The van der Waals surface area contributed by atoms with Crippen molar-refractivity contribution in [1.82, 2.24) is 4.90 Å². The minimum atomic E-state index is 0.101. The summed E-state index contributed by atoms with van der Waals surface area (Å²) in [6.45, 7) is 12.3. The van der Waals surface area contributed by atoms with E-state index in [1.54, 1.807) is 11.3 Å². The van der Waals surface area contributed by atoms with Gasteiger partial charge >= 0.3 is 0 Å². The fourth-order valence-corrected chi connectivity index (χ4v) is 4.18. The third kappa shape index (κ3) is 4.73. The van der Waals surface area contributed by atoms with Crippen LogP contribution in [0.2, 0.25) is 4.34 Å². The highest BCUT2D eigenvalue weighted by atomic mass is 35.5. The second-order valence-electron chi connectivity index (χ2n) is 6.01. The molecule has 0 aliphatic carbocycles. The van der Waals surface area contributed by atoms with Gasteiger partial charge in [-0.2, -0.15) is 0 Å². The molecule has 2 nitrogen and oxygen atoms in total. The molecule has 0 amide bonds. The van der Waals surface area contributed by atoms with Crippen molar-refractivity contribution in [2.45, 2.75) is 65.6 Å². The minimum Gasteiger partial charge on any atom is -0.326 e. The Morgan fingerprint density at radius 3 is 2.15 bits per heavy atom. The van der Waals surface area contributed by atoms with E-state index in [2.05, 4.69) is 45.6 Å². The lowest BCUT2D eigenvalue weighted by Crippen LogP contribution is -2.46. The van der Waals surface area contributed by atoms with Crippen molar-refractivity contribution in [2.75, 3.05) is 6.54 Å². The number of nitrogens with two attached hydrogens (primary N) is 1. The summed E-state index contributed by atoms with van der Waals surface area (Å²) in [6.07, 6.45) is 2.32. The molecule has 1 aromatic heterocycles. The Kier molecular flexibility index (Phi) is 7.52. The van der Waals surface area contributed by atoms with Gasteiger partial charge in [0.15, 0.2) is 0 Å². The van der Waals surface area contributed by atoms with Gasteiger partial charge in [-0.3, -0.25) is 4.90 Å². The van der Waals surface area contributed by atoms with Gasteiger partial charge < -0.3 is 5.73 Å². The number of hydrogen-bond donors (Lipinski definition) is 1. The zero-order valence-electron chi connectivity index (χ0n) is 13.4. The van der Waals surface area contributed by atoms with E-state index in [-0.39, 0.29) is 12.1 Å². The van der Waals surface area contributed by atoms with E-state index in [1.807, 2.05) is 6.07 Å². The monoisotopic (exact) mass is 316 g/mol. The average molecular weight is 317 g/mol. The average Bonchev–Trinajstić information content (AvgIpc) is 2.76. The van der Waals surface area contributed by atoms with E-state index in [9.17, 15) is 0 Å². The molecule has 2 N–H and O–H groups in total. The Bertz CT molecular complexity index is 386. The number of hydrogen-bond acceptors (Lipinski definition) is 3. The van der Waals surface area contributed by atoms with Crippen LogP contribution in [0.5, 0.6) is 0 Å². The Morgan fingerprint density at radius 1 is 1.20 bits per heavy atom. The van der Waals surface area contributed by atoms with Gasteiger partial charge in [0.05, 0.1) is 10.4 Å². The molecule has 0 saturated heterocycles. The molecule has 2 atom stereocenters. The van der Waals surface area contributed by atoms with Gasteiger partial charge in [-0.15, -0.1) is 11.3 Å². The van der Waals surface area contributed by atoms with E-state index >= 15 is 0 Å². The fourth-order valence-electron chi connectivity index (χ4n) is 2.88. The molecule has 0 fully saturated rings. The second-order valence-corrected chi connectivity index (χ2v) is 7.75. The maximum Gasteiger partial charge on any atom is 0.0931 e. The number of halogens is 1. The SMILES string of the molecule is CCC(CC)N(CC(C)C)C(c1ccc(Cl)s1)C(C)N. The van der Waals surface area contributed by atoms with Gasteiger partial charge in [0.1, 0.15) is 0 Å². The van der Waals surface area contributed by atoms with Crippen molar-refractivity contribution in [3.8, 4) is 0 Å². The van der Waals surface area contributed by atoms with Gasteiger partial charge in [-0.25, -0.2) is 0 Å². The molecule has 1 aromatic rings. The van der Waals surface area contributed by atoms with Crippen LogP contribution in [-0.2, 0) is 0 Å². The Labute approximate surface area is 133 Å². The van der Waals surface area contributed by atoms with Gasteiger partial charge in [0, 0.05) is 23.5 Å². The van der Waals surface area contributed by atoms with Crippen LogP contribution in [0.15, 0.2) is 12.1 Å². The lowest BCUT2D eigenvalue weighted by molar-refractivity contribution is 0.0975. The lowest BCUT2D eigenvalue weighted by atomic mass is 9.99. The van der Waals surface area contributed by atoms with Crippen LogP contribution in [0.1, 0.15) is 58.4 Å². The molecule has 1 heterocycles. The molecule has 0 aliphatic rings. The topological polar surface area (TPSA) is 29.3 Å². The summed E-state index contributed by atoms with van der Waals surface area (Å²) in [6, 6.07) is 5.06. The summed E-state index contributed by atoms with van der Waals surface area (Å²) in [4.78, 5) is 3.88. The van der Waals surface area contributed by atoms with Gasteiger partial charge in [0.25, 0.3) is 0 Å². The number of nitrogens with zero attached hydrogens (tertiary/aromatic N) is 1. The van der Waals surface area contributed by atoms with Crippen molar-refractivity contribution in [3.63, 3.8) is 0 Å². The predicted octanol–water partition coefficient (Wildman–Crippen LogP) is 4.94. The molecule has 1 rings (SSSR count). The van der Waals surface area contributed by atoms with Crippen molar-refractivity contribution in [1.29, 1.82) is 0 Å². The zero-order chi connectivity index (χ0) is 15.3. The predicted molar refractivity (Wildman–Crippen MR) is 91.6 cm³/mol. The molecular weight excluding hydrogens is 288 g/mol.